The SMILES string of the molecule is Cc1ccc(N)cc1C(=O)N1CCN(Cc2ccc(Cl)cc2)CC1. The maximum Gasteiger partial charge on any atom is 0.254 e. The van der Waals surface area contributed by atoms with Crippen molar-refractivity contribution in [3.63, 3.8) is 0 Å². The van der Waals surface area contributed by atoms with Gasteiger partial charge in [-0.3, -0.25) is 9.69 Å². The zero-order chi connectivity index (χ0) is 17.1. The smallest absolute Gasteiger partial charge is 0.254 e. The first-order valence-electron chi connectivity index (χ1n) is 8.15. The summed E-state index contributed by atoms with van der Waals surface area (Å²) in [5, 5.41) is 0.756. The second-order valence-corrected chi connectivity index (χ2v) is 6.71. The first kappa shape index (κ1) is 16.8. The van der Waals surface area contributed by atoms with Gasteiger partial charge in [0.25, 0.3) is 5.91 Å². The van der Waals surface area contributed by atoms with Gasteiger partial charge in [0.15, 0.2) is 0 Å². The maximum absolute atomic E-state index is 12.7. The van der Waals surface area contributed by atoms with Crippen molar-refractivity contribution in [1.82, 2.24) is 9.80 Å². The fourth-order valence-electron chi connectivity index (χ4n) is 3.00. The van der Waals surface area contributed by atoms with E-state index in [1.54, 1.807) is 6.07 Å². The lowest BCUT2D eigenvalue weighted by Gasteiger charge is -2.35. The first-order chi connectivity index (χ1) is 11.5. The molecule has 126 valence electrons. The Morgan fingerprint density at radius 2 is 1.75 bits per heavy atom. The molecule has 1 aliphatic rings. The van der Waals surface area contributed by atoms with Gasteiger partial charge >= 0.3 is 0 Å². The largest absolute Gasteiger partial charge is 0.399 e. The van der Waals surface area contributed by atoms with Crippen LogP contribution < -0.4 is 5.73 Å². The van der Waals surface area contributed by atoms with Crippen molar-refractivity contribution in [2.45, 2.75) is 13.5 Å². The molecule has 3 rings (SSSR count). The van der Waals surface area contributed by atoms with Crippen molar-refractivity contribution in [3.8, 4) is 0 Å². The lowest BCUT2D eigenvalue weighted by Crippen LogP contribution is -2.48. The van der Waals surface area contributed by atoms with Crippen LogP contribution in [0.3, 0.4) is 0 Å². The van der Waals surface area contributed by atoms with Crippen LogP contribution in [-0.2, 0) is 6.54 Å². The highest BCUT2D eigenvalue weighted by Crippen LogP contribution is 2.17. The summed E-state index contributed by atoms with van der Waals surface area (Å²) >= 11 is 5.92. The van der Waals surface area contributed by atoms with Crippen molar-refractivity contribution in [2.75, 3.05) is 31.9 Å². The first-order valence-corrected chi connectivity index (χ1v) is 8.53. The third kappa shape index (κ3) is 3.89. The van der Waals surface area contributed by atoms with Crippen LogP contribution in [0.15, 0.2) is 42.5 Å². The number of aryl methyl sites for hydroxylation is 1. The fourth-order valence-corrected chi connectivity index (χ4v) is 3.12. The van der Waals surface area contributed by atoms with Gasteiger partial charge in [0.2, 0.25) is 0 Å². The van der Waals surface area contributed by atoms with Gasteiger partial charge in [-0.25, -0.2) is 0 Å². The number of halogens is 1. The van der Waals surface area contributed by atoms with E-state index in [4.69, 9.17) is 17.3 Å². The summed E-state index contributed by atoms with van der Waals surface area (Å²) in [5.41, 5.74) is 9.38. The van der Waals surface area contributed by atoms with Crippen molar-refractivity contribution in [1.29, 1.82) is 0 Å². The zero-order valence-electron chi connectivity index (χ0n) is 13.8. The number of benzene rings is 2. The lowest BCUT2D eigenvalue weighted by atomic mass is 10.1. The molecule has 0 atom stereocenters. The van der Waals surface area contributed by atoms with E-state index in [-0.39, 0.29) is 5.91 Å². The number of carbonyl (C=O) groups is 1. The van der Waals surface area contributed by atoms with Crippen LogP contribution in [0.1, 0.15) is 21.5 Å². The third-order valence-corrected chi connectivity index (χ3v) is 4.72. The molecule has 1 fully saturated rings. The number of nitrogens with zero attached hydrogens (tertiary/aromatic N) is 2. The minimum absolute atomic E-state index is 0.0749. The van der Waals surface area contributed by atoms with E-state index in [1.807, 2.05) is 36.1 Å². The molecule has 0 saturated carbocycles. The monoisotopic (exact) mass is 343 g/mol. The molecular weight excluding hydrogens is 322 g/mol. The summed E-state index contributed by atoms with van der Waals surface area (Å²) in [6, 6.07) is 13.4. The molecule has 0 aromatic heterocycles. The van der Waals surface area contributed by atoms with Crippen LogP contribution in [0.5, 0.6) is 0 Å². The molecule has 0 unspecified atom stereocenters. The minimum atomic E-state index is 0.0749. The Morgan fingerprint density at radius 1 is 1.08 bits per heavy atom. The minimum Gasteiger partial charge on any atom is -0.399 e. The van der Waals surface area contributed by atoms with E-state index in [9.17, 15) is 4.79 Å². The van der Waals surface area contributed by atoms with Crippen molar-refractivity contribution >= 4 is 23.2 Å². The summed E-state index contributed by atoms with van der Waals surface area (Å²) in [6.07, 6.45) is 0. The fraction of sp³-hybridized carbons (Fsp3) is 0.316. The Kier molecular flexibility index (Phi) is 5.07. The second kappa shape index (κ2) is 7.24. The third-order valence-electron chi connectivity index (χ3n) is 4.47. The van der Waals surface area contributed by atoms with E-state index in [0.717, 1.165) is 43.3 Å². The summed E-state index contributed by atoms with van der Waals surface area (Å²) in [4.78, 5) is 17.0. The summed E-state index contributed by atoms with van der Waals surface area (Å²) in [7, 11) is 0. The molecule has 1 amide bonds. The molecule has 2 aromatic carbocycles. The summed E-state index contributed by atoms with van der Waals surface area (Å²) in [5.74, 6) is 0.0749. The molecule has 2 N–H and O–H groups in total. The van der Waals surface area contributed by atoms with E-state index in [1.165, 1.54) is 5.56 Å². The summed E-state index contributed by atoms with van der Waals surface area (Å²) in [6.45, 7) is 6.05. The Labute approximate surface area is 147 Å². The molecule has 0 spiro atoms. The lowest BCUT2D eigenvalue weighted by molar-refractivity contribution is 0.0628. The number of carbonyl (C=O) groups excluding carboxylic acids is 1. The molecule has 1 saturated heterocycles. The molecule has 2 aromatic rings. The highest BCUT2D eigenvalue weighted by molar-refractivity contribution is 6.30. The van der Waals surface area contributed by atoms with Gasteiger partial charge in [0, 0.05) is 49.0 Å². The van der Waals surface area contributed by atoms with Crippen molar-refractivity contribution in [3.05, 3.63) is 64.2 Å². The van der Waals surface area contributed by atoms with Crippen LogP contribution in [0.2, 0.25) is 5.02 Å². The van der Waals surface area contributed by atoms with Crippen LogP contribution >= 0.6 is 11.6 Å². The highest BCUT2D eigenvalue weighted by atomic mass is 35.5. The van der Waals surface area contributed by atoms with Gasteiger partial charge < -0.3 is 10.6 Å². The number of hydrogen-bond acceptors (Lipinski definition) is 3. The van der Waals surface area contributed by atoms with E-state index in [0.29, 0.717) is 11.3 Å². The van der Waals surface area contributed by atoms with E-state index in [2.05, 4.69) is 17.0 Å². The average Bonchev–Trinajstić information content (AvgIpc) is 2.59. The highest BCUT2D eigenvalue weighted by Gasteiger charge is 2.23. The number of anilines is 1. The van der Waals surface area contributed by atoms with E-state index >= 15 is 0 Å². The standard InChI is InChI=1S/C19H22ClN3O/c1-14-2-7-17(21)12-18(14)19(24)23-10-8-22(9-11-23)13-15-3-5-16(20)6-4-15/h2-7,12H,8-11,13,21H2,1H3. The number of nitrogen functional groups attached to an aromatic ring is 1. The molecule has 1 heterocycles. The second-order valence-electron chi connectivity index (χ2n) is 6.27. The quantitative estimate of drug-likeness (QED) is 0.871. The van der Waals surface area contributed by atoms with Crippen LogP contribution in [0.25, 0.3) is 0 Å². The molecule has 0 radical (unpaired) electrons. The van der Waals surface area contributed by atoms with Crippen molar-refractivity contribution in [2.24, 2.45) is 0 Å². The normalized spacial score (nSPS) is 15.5. The maximum atomic E-state index is 12.7. The van der Waals surface area contributed by atoms with Crippen LogP contribution in [0.4, 0.5) is 5.69 Å². The summed E-state index contributed by atoms with van der Waals surface area (Å²) < 4.78 is 0. The Bertz CT molecular complexity index is 722. The number of amides is 1. The molecule has 0 bridgehead atoms. The molecule has 1 aliphatic heterocycles. The molecule has 0 aliphatic carbocycles. The van der Waals surface area contributed by atoms with E-state index < -0.39 is 0 Å². The number of nitrogens with two attached hydrogens (primary N) is 1. The van der Waals surface area contributed by atoms with Gasteiger partial charge in [-0.2, -0.15) is 0 Å². The molecule has 5 heteroatoms. The Hall–Kier alpha value is -2.04. The zero-order valence-corrected chi connectivity index (χ0v) is 14.6. The number of rotatable bonds is 3. The molecule has 24 heavy (non-hydrogen) atoms. The Balaban J connectivity index is 1.59. The predicted octanol–water partition coefficient (Wildman–Crippen LogP) is 3.19. The van der Waals surface area contributed by atoms with Gasteiger partial charge in [0.05, 0.1) is 0 Å². The molecule has 4 nitrogen and oxygen atoms in total. The van der Waals surface area contributed by atoms with Gasteiger partial charge in [-0.1, -0.05) is 29.8 Å². The van der Waals surface area contributed by atoms with Gasteiger partial charge in [0.1, 0.15) is 0 Å². The number of piperazine rings is 1. The Morgan fingerprint density at radius 3 is 2.42 bits per heavy atom. The topological polar surface area (TPSA) is 49.6 Å². The predicted molar refractivity (Wildman–Crippen MR) is 98.2 cm³/mol. The van der Waals surface area contributed by atoms with Gasteiger partial charge in [-0.15, -0.1) is 0 Å². The van der Waals surface area contributed by atoms with Crippen LogP contribution in [0, 0.1) is 6.92 Å². The van der Waals surface area contributed by atoms with Crippen molar-refractivity contribution < 1.29 is 4.79 Å². The average molecular weight is 344 g/mol. The van der Waals surface area contributed by atoms with Crippen LogP contribution in [-0.4, -0.2) is 41.9 Å². The molecular formula is C19H22ClN3O. The number of hydrogen-bond donors (Lipinski definition) is 1. The van der Waals surface area contributed by atoms with Gasteiger partial charge in [-0.05, 0) is 42.3 Å².